The summed E-state index contributed by atoms with van der Waals surface area (Å²) in [5.41, 5.74) is 4.29. The molecule has 1 fully saturated rings. The predicted molar refractivity (Wildman–Crippen MR) is 139 cm³/mol. The molecule has 0 bridgehead atoms. The SMILES string of the molecule is COc1cc(-c2cc(C)c3cccc(OC)c3n2)cc2c1OCCN(C(=O)[C@@H]1CCOC(C)(C)C1)C2. The molecule has 3 heterocycles. The molecule has 7 heteroatoms. The van der Waals surface area contributed by atoms with Gasteiger partial charge in [0.05, 0.1) is 32.1 Å². The fourth-order valence-electron chi connectivity index (χ4n) is 5.38. The molecule has 2 aromatic carbocycles. The van der Waals surface area contributed by atoms with Gasteiger partial charge in [0, 0.05) is 35.6 Å². The largest absolute Gasteiger partial charge is 0.494 e. The maximum Gasteiger partial charge on any atom is 0.226 e. The number of pyridine rings is 1. The number of aryl methyl sites for hydroxylation is 1. The molecule has 1 amide bonds. The molecule has 36 heavy (non-hydrogen) atoms. The lowest BCUT2D eigenvalue weighted by Gasteiger charge is -2.36. The lowest BCUT2D eigenvalue weighted by molar-refractivity contribution is -0.146. The molecule has 0 aliphatic carbocycles. The van der Waals surface area contributed by atoms with E-state index in [0.29, 0.717) is 37.8 Å². The molecule has 1 saturated heterocycles. The molecule has 2 aliphatic heterocycles. The topological polar surface area (TPSA) is 70.1 Å². The normalized spacial score (nSPS) is 19.2. The minimum absolute atomic E-state index is 0.0438. The van der Waals surface area contributed by atoms with Crippen LogP contribution in [0.5, 0.6) is 17.2 Å². The van der Waals surface area contributed by atoms with Crippen LogP contribution in [-0.4, -0.2) is 55.4 Å². The zero-order chi connectivity index (χ0) is 25.4. The lowest BCUT2D eigenvalue weighted by Crippen LogP contribution is -2.43. The summed E-state index contributed by atoms with van der Waals surface area (Å²) in [7, 11) is 3.30. The number of methoxy groups -OCH3 is 2. The lowest BCUT2D eigenvalue weighted by atomic mass is 9.87. The summed E-state index contributed by atoms with van der Waals surface area (Å²) in [4.78, 5) is 20.4. The smallest absolute Gasteiger partial charge is 0.226 e. The van der Waals surface area contributed by atoms with Gasteiger partial charge in [-0.3, -0.25) is 4.79 Å². The van der Waals surface area contributed by atoms with Crippen LogP contribution in [0.3, 0.4) is 0 Å². The Morgan fingerprint density at radius 2 is 1.92 bits per heavy atom. The summed E-state index contributed by atoms with van der Waals surface area (Å²) < 4.78 is 23.3. The first-order chi connectivity index (χ1) is 17.3. The number of nitrogens with zero attached hydrogens (tertiary/aromatic N) is 2. The number of para-hydroxylation sites is 1. The van der Waals surface area contributed by atoms with Gasteiger partial charge < -0.3 is 23.8 Å². The van der Waals surface area contributed by atoms with Crippen molar-refractivity contribution < 1.29 is 23.7 Å². The number of rotatable bonds is 4. The highest BCUT2D eigenvalue weighted by Crippen LogP contribution is 2.40. The van der Waals surface area contributed by atoms with E-state index in [-0.39, 0.29) is 17.4 Å². The number of aromatic nitrogens is 1. The van der Waals surface area contributed by atoms with Crippen molar-refractivity contribution in [3.8, 4) is 28.5 Å². The molecule has 0 saturated carbocycles. The number of amides is 1. The quantitative estimate of drug-likeness (QED) is 0.504. The van der Waals surface area contributed by atoms with Gasteiger partial charge in [-0.1, -0.05) is 12.1 Å². The van der Waals surface area contributed by atoms with Crippen LogP contribution >= 0.6 is 0 Å². The van der Waals surface area contributed by atoms with Crippen LogP contribution in [-0.2, 0) is 16.1 Å². The highest BCUT2D eigenvalue weighted by Gasteiger charge is 2.36. The third-order valence-electron chi connectivity index (χ3n) is 7.20. The number of hydrogen-bond donors (Lipinski definition) is 0. The average molecular weight is 491 g/mol. The van der Waals surface area contributed by atoms with E-state index in [1.165, 1.54) is 0 Å². The first kappa shape index (κ1) is 24.4. The van der Waals surface area contributed by atoms with Gasteiger partial charge >= 0.3 is 0 Å². The monoisotopic (exact) mass is 490 g/mol. The van der Waals surface area contributed by atoms with Crippen LogP contribution < -0.4 is 14.2 Å². The summed E-state index contributed by atoms with van der Waals surface area (Å²) in [6.45, 7) is 8.22. The Morgan fingerprint density at radius 3 is 2.67 bits per heavy atom. The summed E-state index contributed by atoms with van der Waals surface area (Å²) >= 11 is 0. The fraction of sp³-hybridized carbons (Fsp3) is 0.448. The zero-order valence-corrected chi connectivity index (χ0v) is 21.7. The molecular formula is C29H34N2O5. The van der Waals surface area contributed by atoms with Crippen LogP contribution in [0.25, 0.3) is 22.2 Å². The molecule has 3 aromatic rings. The summed E-state index contributed by atoms with van der Waals surface area (Å²) in [5.74, 6) is 2.19. The van der Waals surface area contributed by atoms with Gasteiger partial charge in [0.2, 0.25) is 5.91 Å². The third kappa shape index (κ3) is 4.60. The molecule has 5 rings (SSSR count). The van der Waals surface area contributed by atoms with Crippen LogP contribution in [0, 0.1) is 12.8 Å². The van der Waals surface area contributed by atoms with Gasteiger partial charge in [0.15, 0.2) is 11.5 Å². The Balaban J connectivity index is 1.52. The van der Waals surface area contributed by atoms with E-state index in [1.807, 2.05) is 23.1 Å². The molecule has 0 radical (unpaired) electrons. The van der Waals surface area contributed by atoms with Gasteiger partial charge in [-0.05, 0) is 63.4 Å². The standard InChI is InChI=1S/C29H34N2O5/c1-18-13-23(30-26-22(18)7-6-8-24(26)33-4)20-14-21-17-31(10-12-35-27(21)25(15-20)34-5)28(32)19-9-11-36-29(2,3)16-19/h6-8,13-15,19H,9-12,16-17H2,1-5H3/t19-/m1/s1. The number of carbonyl (C=O) groups excluding carboxylic acids is 1. The van der Waals surface area contributed by atoms with Crippen molar-refractivity contribution in [1.29, 1.82) is 0 Å². The number of benzene rings is 2. The highest BCUT2D eigenvalue weighted by molar-refractivity contribution is 5.90. The van der Waals surface area contributed by atoms with E-state index in [9.17, 15) is 4.79 Å². The minimum atomic E-state index is -0.282. The first-order valence-electron chi connectivity index (χ1n) is 12.5. The summed E-state index contributed by atoms with van der Waals surface area (Å²) in [6.07, 6.45) is 1.47. The molecule has 1 aromatic heterocycles. The zero-order valence-electron chi connectivity index (χ0n) is 21.7. The summed E-state index contributed by atoms with van der Waals surface area (Å²) in [6, 6.07) is 12.1. The maximum atomic E-state index is 13.5. The van der Waals surface area contributed by atoms with Crippen molar-refractivity contribution in [1.82, 2.24) is 9.88 Å². The number of fused-ring (bicyclic) bond motifs is 2. The second kappa shape index (κ2) is 9.62. The summed E-state index contributed by atoms with van der Waals surface area (Å²) in [5, 5.41) is 1.05. The fourth-order valence-corrected chi connectivity index (χ4v) is 5.38. The van der Waals surface area contributed by atoms with Gasteiger partial charge in [-0.15, -0.1) is 0 Å². The molecule has 0 unspecified atom stereocenters. The van der Waals surface area contributed by atoms with Crippen molar-refractivity contribution in [3.63, 3.8) is 0 Å². The van der Waals surface area contributed by atoms with Crippen LogP contribution in [0.4, 0.5) is 0 Å². The molecule has 7 nitrogen and oxygen atoms in total. The predicted octanol–water partition coefficient (Wildman–Crippen LogP) is 5.15. The van der Waals surface area contributed by atoms with E-state index in [2.05, 4.69) is 39.0 Å². The first-order valence-corrected chi connectivity index (χ1v) is 12.5. The van der Waals surface area contributed by atoms with E-state index < -0.39 is 0 Å². The molecule has 1 atom stereocenters. The molecule has 0 spiro atoms. The van der Waals surface area contributed by atoms with Gasteiger partial charge in [-0.25, -0.2) is 4.98 Å². The number of hydrogen-bond acceptors (Lipinski definition) is 6. The Bertz CT molecular complexity index is 1300. The number of ether oxygens (including phenoxy) is 4. The van der Waals surface area contributed by atoms with Gasteiger partial charge in [0.25, 0.3) is 0 Å². The minimum Gasteiger partial charge on any atom is -0.494 e. The van der Waals surface area contributed by atoms with E-state index in [0.717, 1.165) is 51.9 Å². The van der Waals surface area contributed by atoms with Crippen LogP contribution in [0.2, 0.25) is 0 Å². The van der Waals surface area contributed by atoms with E-state index in [1.54, 1.807) is 14.2 Å². The third-order valence-corrected chi connectivity index (χ3v) is 7.20. The van der Waals surface area contributed by atoms with E-state index >= 15 is 0 Å². The highest BCUT2D eigenvalue weighted by atomic mass is 16.5. The Morgan fingerprint density at radius 1 is 1.11 bits per heavy atom. The Labute approximate surface area is 212 Å². The van der Waals surface area contributed by atoms with Crippen LogP contribution in [0.1, 0.15) is 37.8 Å². The Hall–Kier alpha value is -3.32. The second-order valence-electron chi connectivity index (χ2n) is 10.3. The van der Waals surface area contributed by atoms with Gasteiger partial charge in [-0.2, -0.15) is 0 Å². The van der Waals surface area contributed by atoms with E-state index in [4.69, 9.17) is 23.9 Å². The van der Waals surface area contributed by atoms with Crippen LogP contribution in [0.15, 0.2) is 36.4 Å². The second-order valence-corrected chi connectivity index (χ2v) is 10.3. The number of carbonyl (C=O) groups is 1. The maximum absolute atomic E-state index is 13.5. The van der Waals surface area contributed by atoms with Gasteiger partial charge in [0.1, 0.15) is 17.9 Å². The van der Waals surface area contributed by atoms with Crippen molar-refractivity contribution in [2.24, 2.45) is 5.92 Å². The molecule has 0 N–H and O–H groups in total. The van der Waals surface area contributed by atoms with Crippen molar-refractivity contribution in [2.45, 2.75) is 45.8 Å². The average Bonchev–Trinajstić information content (AvgIpc) is 3.09. The van der Waals surface area contributed by atoms with Crippen molar-refractivity contribution >= 4 is 16.8 Å². The van der Waals surface area contributed by atoms with Crippen molar-refractivity contribution in [2.75, 3.05) is 34.0 Å². The van der Waals surface area contributed by atoms with Crippen molar-refractivity contribution in [3.05, 3.63) is 47.5 Å². The molecular weight excluding hydrogens is 456 g/mol. The molecule has 2 aliphatic rings. The molecule has 190 valence electrons. The Kier molecular flexibility index (Phi) is 6.51.